The number of amides is 1. The van der Waals surface area contributed by atoms with Crippen molar-refractivity contribution in [3.05, 3.63) is 89.2 Å². The molecule has 3 aromatic rings. The van der Waals surface area contributed by atoms with Crippen molar-refractivity contribution in [1.29, 1.82) is 0 Å². The summed E-state index contributed by atoms with van der Waals surface area (Å²) < 4.78 is 65.2. The Kier molecular flexibility index (Phi) is 7.02. The number of nitrogens with zero attached hydrogens (tertiary/aromatic N) is 1. The molecule has 1 fully saturated rings. The van der Waals surface area contributed by atoms with Gasteiger partial charge in [-0.3, -0.25) is 4.79 Å². The van der Waals surface area contributed by atoms with Gasteiger partial charge < -0.3 is 19.7 Å². The van der Waals surface area contributed by atoms with Crippen molar-refractivity contribution in [2.24, 2.45) is 0 Å². The molecule has 1 aliphatic rings. The quantitative estimate of drug-likeness (QED) is 0.479. The molecule has 1 N–H and O–H groups in total. The number of hydrogen-bond donors (Lipinski definition) is 1. The van der Waals surface area contributed by atoms with E-state index in [2.05, 4.69) is 5.32 Å². The van der Waals surface area contributed by atoms with Crippen LogP contribution in [0.2, 0.25) is 0 Å². The Morgan fingerprint density at radius 3 is 2.44 bits per heavy atom. The third-order valence-corrected chi connectivity index (χ3v) is 5.35. The lowest BCUT2D eigenvalue weighted by molar-refractivity contribution is -0.136. The molecule has 0 radical (unpaired) electrons. The molecule has 0 bridgehead atoms. The molecule has 0 spiro atoms. The molecule has 4 rings (SSSR count). The van der Waals surface area contributed by atoms with E-state index in [0.29, 0.717) is 37.7 Å². The van der Waals surface area contributed by atoms with Crippen LogP contribution in [-0.2, 0) is 17.5 Å². The minimum Gasteiger partial charge on any atom is -0.489 e. The molecule has 0 unspecified atom stereocenters. The van der Waals surface area contributed by atoms with Crippen molar-refractivity contribution >= 4 is 17.3 Å². The molecule has 1 amide bonds. The lowest BCUT2D eigenvalue weighted by Gasteiger charge is -2.29. The van der Waals surface area contributed by atoms with Crippen LogP contribution in [0.5, 0.6) is 5.75 Å². The Hall–Kier alpha value is -3.59. The third-order valence-electron chi connectivity index (χ3n) is 5.35. The summed E-state index contributed by atoms with van der Waals surface area (Å²) in [7, 11) is 0. The Morgan fingerprint density at radius 2 is 1.74 bits per heavy atom. The van der Waals surface area contributed by atoms with E-state index in [1.807, 2.05) is 4.90 Å². The summed E-state index contributed by atoms with van der Waals surface area (Å²) >= 11 is 0. The van der Waals surface area contributed by atoms with E-state index in [-0.39, 0.29) is 23.7 Å². The summed E-state index contributed by atoms with van der Waals surface area (Å²) in [6, 6.07) is 15.7. The van der Waals surface area contributed by atoms with Crippen molar-refractivity contribution in [2.45, 2.75) is 12.8 Å². The Balaban J connectivity index is 1.49. The van der Waals surface area contributed by atoms with E-state index < -0.39 is 17.6 Å². The molecule has 178 valence electrons. The maximum Gasteiger partial charge on any atom is 0.418 e. The maximum absolute atomic E-state index is 13.8. The van der Waals surface area contributed by atoms with E-state index in [1.54, 1.807) is 30.3 Å². The second kappa shape index (κ2) is 10.1. The van der Waals surface area contributed by atoms with Gasteiger partial charge in [-0.05, 0) is 54.1 Å². The predicted octanol–water partition coefficient (Wildman–Crippen LogP) is 5.51. The zero-order valence-corrected chi connectivity index (χ0v) is 18.1. The number of morpholine rings is 1. The summed E-state index contributed by atoms with van der Waals surface area (Å²) in [4.78, 5) is 14.6. The minimum absolute atomic E-state index is 0.141. The Labute approximate surface area is 193 Å². The number of halogens is 4. The van der Waals surface area contributed by atoms with Gasteiger partial charge in [-0.15, -0.1) is 0 Å². The van der Waals surface area contributed by atoms with Crippen LogP contribution in [0.1, 0.15) is 21.5 Å². The van der Waals surface area contributed by atoms with Crippen LogP contribution in [0, 0.1) is 5.82 Å². The molecular weight excluding hydrogens is 452 g/mol. The number of carbonyl (C=O) groups excluding carboxylic acids is 1. The van der Waals surface area contributed by atoms with E-state index >= 15 is 0 Å². The fourth-order valence-electron chi connectivity index (χ4n) is 3.56. The molecular formula is C25H22F4N2O3. The van der Waals surface area contributed by atoms with E-state index in [9.17, 15) is 22.4 Å². The molecule has 9 heteroatoms. The molecule has 1 aliphatic heterocycles. The number of rotatable bonds is 6. The number of carbonyl (C=O) groups is 1. The third kappa shape index (κ3) is 5.85. The molecule has 3 aromatic carbocycles. The maximum atomic E-state index is 13.8. The number of nitrogens with one attached hydrogen (secondary N) is 1. The highest BCUT2D eigenvalue weighted by Gasteiger charge is 2.35. The predicted molar refractivity (Wildman–Crippen MR) is 120 cm³/mol. The van der Waals surface area contributed by atoms with Crippen molar-refractivity contribution < 1.29 is 31.8 Å². The highest BCUT2D eigenvalue weighted by Crippen LogP contribution is 2.37. The summed E-state index contributed by atoms with van der Waals surface area (Å²) in [6.45, 7) is 2.02. The summed E-state index contributed by atoms with van der Waals surface area (Å²) in [5.41, 5.74) is 0.0407. The summed E-state index contributed by atoms with van der Waals surface area (Å²) in [5.74, 6) is -0.703. The lowest BCUT2D eigenvalue weighted by Crippen LogP contribution is -2.36. The van der Waals surface area contributed by atoms with Gasteiger partial charge in [0.1, 0.15) is 18.2 Å². The topological polar surface area (TPSA) is 50.8 Å². The molecule has 0 saturated carbocycles. The lowest BCUT2D eigenvalue weighted by atomic mass is 10.1. The van der Waals surface area contributed by atoms with Gasteiger partial charge in [0.25, 0.3) is 5.91 Å². The normalized spacial score (nSPS) is 14.1. The van der Waals surface area contributed by atoms with Gasteiger partial charge in [-0.2, -0.15) is 13.2 Å². The van der Waals surface area contributed by atoms with Crippen LogP contribution >= 0.6 is 0 Å². The molecule has 1 saturated heterocycles. The van der Waals surface area contributed by atoms with Gasteiger partial charge in [0.15, 0.2) is 0 Å². The molecule has 1 heterocycles. The fraction of sp³-hybridized carbons (Fsp3) is 0.240. The number of ether oxygens (including phenoxy) is 2. The second-order valence-corrected chi connectivity index (χ2v) is 7.72. The van der Waals surface area contributed by atoms with Gasteiger partial charge in [-0.25, -0.2) is 4.39 Å². The molecule has 0 aromatic heterocycles. The fourth-order valence-corrected chi connectivity index (χ4v) is 3.56. The number of anilines is 2. The van der Waals surface area contributed by atoms with Crippen molar-refractivity contribution in [2.75, 3.05) is 36.5 Å². The largest absolute Gasteiger partial charge is 0.489 e. The first-order valence-corrected chi connectivity index (χ1v) is 10.6. The van der Waals surface area contributed by atoms with Crippen LogP contribution in [0.3, 0.4) is 0 Å². The second-order valence-electron chi connectivity index (χ2n) is 7.72. The van der Waals surface area contributed by atoms with Gasteiger partial charge in [0, 0.05) is 24.3 Å². The zero-order chi connectivity index (χ0) is 24.1. The van der Waals surface area contributed by atoms with Crippen LogP contribution in [-0.4, -0.2) is 32.2 Å². The number of alkyl halides is 3. The van der Waals surface area contributed by atoms with Crippen LogP contribution in [0.25, 0.3) is 0 Å². The van der Waals surface area contributed by atoms with Crippen molar-refractivity contribution in [3.63, 3.8) is 0 Å². The highest BCUT2D eigenvalue weighted by molar-refractivity contribution is 6.05. The Morgan fingerprint density at radius 1 is 1.00 bits per heavy atom. The summed E-state index contributed by atoms with van der Waals surface area (Å²) in [6.07, 6.45) is -4.65. The molecule has 5 nitrogen and oxygen atoms in total. The van der Waals surface area contributed by atoms with Gasteiger partial charge in [-0.1, -0.05) is 18.2 Å². The first kappa shape index (κ1) is 23.6. The minimum atomic E-state index is -4.65. The van der Waals surface area contributed by atoms with E-state index in [4.69, 9.17) is 9.47 Å². The highest BCUT2D eigenvalue weighted by atomic mass is 19.4. The summed E-state index contributed by atoms with van der Waals surface area (Å²) in [5, 5.41) is 2.37. The first-order valence-electron chi connectivity index (χ1n) is 10.6. The van der Waals surface area contributed by atoms with Crippen molar-refractivity contribution in [1.82, 2.24) is 0 Å². The molecule has 0 aliphatic carbocycles. The number of benzene rings is 3. The van der Waals surface area contributed by atoms with Crippen LogP contribution in [0.4, 0.5) is 28.9 Å². The van der Waals surface area contributed by atoms with Gasteiger partial charge in [0.05, 0.1) is 24.5 Å². The average molecular weight is 474 g/mol. The Bertz CT molecular complexity index is 1140. The smallest absolute Gasteiger partial charge is 0.418 e. The number of hydrogen-bond acceptors (Lipinski definition) is 4. The van der Waals surface area contributed by atoms with Crippen molar-refractivity contribution in [3.8, 4) is 5.75 Å². The molecule has 34 heavy (non-hydrogen) atoms. The van der Waals surface area contributed by atoms with Crippen LogP contribution < -0.4 is 15.0 Å². The van der Waals surface area contributed by atoms with Gasteiger partial charge in [0.2, 0.25) is 0 Å². The SMILES string of the molecule is O=C(Nc1ccc(N2CCOCC2)cc1C(F)(F)F)c1cccc(OCc2ccc(F)cc2)c1. The average Bonchev–Trinajstić information content (AvgIpc) is 2.84. The van der Waals surface area contributed by atoms with Gasteiger partial charge >= 0.3 is 6.18 Å². The monoisotopic (exact) mass is 474 g/mol. The van der Waals surface area contributed by atoms with E-state index in [1.165, 1.54) is 30.3 Å². The van der Waals surface area contributed by atoms with Crippen LogP contribution in [0.15, 0.2) is 66.7 Å². The zero-order valence-electron chi connectivity index (χ0n) is 18.1. The standard InChI is InChI=1S/C25H22F4N2O3/c26-19-6-4-17(5-7-19)16-34-21-3-1-2-18(14-21)24(32)30-23-9-8-20(15-22(23)25(27,28)29)31-10-12-33-13-11-31/h1-9,14-15H,10-13,16H2,(H,30,32). The molecule has 0 atom stereocenters. The van der Waals surface area contributed by atoms with E-state index in [0.717, 1.165) is 11.6 Å². The first-order chi connectivity index (χ1) is 16.3.